The Morgan fingerprint density at radius 1 is 1.37 bits per heavy atom. The zero-order valence-electron chi connectivity index (χ0n) is 10.7. The summed E-state index contributed by atoms with van der Waals surface area (Å²) in [4.78, 5) is 18.7. The third-order valence-electron chi connectivity index (χ3n) is 3.69. The van der Waals surface area contributed by atoms with Gasteiger partial charge in [-0.2, -0.15) is 0 Å². The number of hydrogen-bond acceptors (Lipinski definition) is 4. The summed E-state index contributed by atoms with van der Waals surface area (Å²) in [6, 6.07) is 7.13. The highest BCUT2D eigenvalue weighted by molar-refractivity contribution is 5.49. The van der Waals surface area contributed by atoms with Crippen LogP contribution in [0, 0.1) is 0 Å². The van der Waals surface area contributed by atoms with Crippen molar-refractivity contribution in [2.24, 2.45) is 0 Å². The van der Waals surface area contributed by atoms with Gasteiger partial charge >= 0.3 is 0 Å². The van der Waals surface area contributed by atoms with Gasteiger partial charge in [0.15, 0.2) is 0 Å². The maximum atomic E-state index is 12.1. The van der Waals surface area contributed by atoms with Gasteiger partial charge in [0.05, 0.1) is 12.6 Å². The first-order valence-electron chi connectivity index (χ1n) is 6.65. The molecular weight excluding hydrogens is 242 g/mol. The second kappa shape index (κ2) is 5.01. The molecule has 0 aromatic carbocycles. The Bertz CT molecular complexity index is 638. The van der Waals surface area contributed by atoms with Crippen molar-refractivity contribution in [3.8, 4) is 0 Å². The Morgan fingerprint density at radius 3 is 3.11 bits per heavy atom. The van der Waals surface area contributed by atoms with Crippen LogP contribution in [0.15, 0.2) is 35.3 Å². The minimum atomic E-state index is -0.0807. The normalized spacial score (nSPS) is 19.8. The summed E-state index contributed by atoms with van der Waals surface area (Å²) in [6.45, 7) is 0.955. The van der Waals surface area contributed by atoms with E-state index in [0.29, 0.717) is 11.5 Å². The van der Waals surface area contributed by atoms with Crippen LogP contribution >= 0.6 is 0 Å². The van der Waals surface area contributed by atoms with Gasteiger partial charge in [-0.1, -0.05) is 6.07 Å². The van der Waals surface area contributed by atoms with Crippen molar-refractivity contribution in [1.82, 2.24) is 9.38 Å². The molecule has 0 saturated carbocycles. The summed E-state index contributed by atoms with van der Waals surface area (Å²) in [5.74, 6) is 0.676. The van der Waals surface area contributed by atoms with Gasteiger partial charge in [0.2, 0.25) is 0 Å². The van der Waals surface area contributed by atoms with Gasteiger partial charge in [-0.3, -0.25) is 9.20 Å². The number of nitrogens with zero attached hydrogens (tertiary/aromatic N) is 3. The molecule has 100 valence electrons. The summed E-state index contributed by atoms with van der Waals surface area (Å²) in [5, 5.41) is 9.45. The Morgan fingerprint density at radius 2 is 2.26 bits per heavy atom. The van der Waals surface area contributed by atoms with E-state index in [4.69, 9.17) is 0 Å². The van der Waals surface area contributed by atoms with Crippen molar-refractivity contribution in [3.05, 3.63) is 40.8 Å². The highest BCUT2D eigenvalue weighted by atomic mass is 16.3. The standard InChI is InChI=1S/C14H17N3O2/c18-10-11-5-1-3-7-16(11)13-9-14(19)17-8-4-2-6-12(17)15-13/h2,4,6,8-9,11,18H,1,3,5,7,10H2. The van der Waals surface area contributed by atoms with Crippen molar-refractivity contribution in [1.29, 1.82) is 0 Å². The Kier molecular flexibility index (Phi) is 3.21. The van der Waals surface area contributed by atoms with Gasteiger partial charge in [-0.05, 0) is 31.4 Å². The van der Waals surface area contributed by atoms with E-state index in [-0.39, 0.29) is 18.2 Å². The van der Waals surface area contributed by atoms with E-state index in [1.165, 1.54) is 4.40 Å². The van der Waals surface area contributed by atoms with Gasteiger partial charge < -0.3 is 10.0 Å². The van der Waals surface area contributed by atoms with Gasteiger partial charge in [0.25, 0.3) is 5.56 Å². The van der Waals surface area contributed by atoms with E-state index >= 15 is 0 Å². The molecule has 0 bridgehead atoms. The first-order chi connectivity index (χ1) is 9.29. The lowest BCUT2D eigenvalue weighted by Crippen LogP contribution is -2.43. The molecule has 1 fully saturated rings. The van der Waals surface area contributed by atoms with Gasteiger partial charge in [0, 0.05) is 18.8 Å². The summed E-state index contributed by atoms with van der Waals surface area (Å²) in [5.41, 5.74) is 0.565. The fourth-order valence-electron chi connectivity index (χ4n) is 2.68. The van der Waals surface area contributed by atoms with E-state index in [9.17, 15) is 9.90 Å². The molecule has 1 aliphatic rings. The molecule has 1 N–H and O–H groups in total. The molecule has 0 radical (unpaired) electrons. The minimum Gasteiger partial charge on any atom is -0.394 e. The lowest BCUT2D eigenvalue weighted by atomic mass is 10.0. The van der Waals surface area contributed by atoms with E-state index < -0.39 is 0 Å². The van der Waals surface area contributed by atoms with Gasteiger partial charge in [-0.25, -0.2) is 4.98 Å². The molecule has 0 aliphatic carbocycles. The monoisotopic (exact) mass is 259 g/mol. The molecule has 0 spiro atoms. The number of anilines is 1. The molecule has 1 unspecified atom stereocenters. The van der Waals surface area contributed by atoms with Crippen LogP contribution in [-0.2, 0) is 0 Å². The van der Waals surface area contributed by atoms with Crippen molar-refractivity contribution >= 4 is 11.5 Å². The number of aliphatic hydroxyl groups excluding tert-OH is 1. The number of pyridine rings is 1. The van der Waals surface area contributed by atoms with E-state index in [2.05, 4.69) is 9.88 Å². The molecule has 19 heavy (non-hydrogen) atoms. The fraction of sp³-hybridized carbons (Fsp3) is 0.429. The molecule has 0 amide bonds. The van der Waals surface area contributed by atoms with Crippen LogP contribution in [0.4, 0.5) is 5.82 Å². The number of aliphatic hydroxyl groups is 1. The molecule has 5 nitrogen and oxygen atoms in total. The topological polar surface area (TPSA) is 57.8 Å². The molecule has 1 atom stereocenters. The Labute approximate surface area is 111 Å². The number of aromatic nitrogens is 2. The molecule has 1 aliphatic heterocycles. The first-order valence-corrected chi connectivity index (χ1v) is 6.65. The molecular formula is C14H17N3O2. The smallest absolute Gasteiger partial charge is 0.259 e. The molecule has 1 saturated heterocycles. The molecule has 2 aromatic rings. The van der Waals surface area contributed by atoms with Gasteiger partial charge in [0.1, 0.15) is 11.5 Å². The van der Waals surface area contributed by atoms with Crippen LogP contribution in [0.25, 0.3) is 5.65 Å². The molecule has 5 heteroatoms. The summed E-state index contributed by atoms with van der Waals surface area (Å²) in [6.07, 6.45) is 4.86. The Hall–Kier alpha value is -1.88. The first kappa shape index (κ1) is 12.2. The van der Waals surface area contributed by atoms with Crippen molar-refractivity contribution in [3.63, 3.8) is 0 Å². The molecule has 3 rings (SSSR count). The SMILES string of the molecule is O=c1cc(N2CCCCC2CO)nc2ccccn12. The van der Waals surface area contributed by atoms with E-state index in [1.807, 2.05) is 18.2 Å². The number of fused-ring (bicyclic) bond motifs is 1. The van der Waals surface area contributed by atoms with Crippen molar-refractivity contribution < 1.29 is 5.11 Å². The van der Waals surface area contributed by atoms with E-state index in [1.54, 1.807) is 12.3 Å². The second-order valence-corrected chi connectivity index (χ2v) is 4.91. The third-order valence-corrected chi connectivity index (χ3v) is 3.69. The number of piperidine rings is 1. The zero-order valence-corrected chi connectivity index (χ0v) is 10.7. The van der Waals surface area contributed by atoms with Crippen LogP contribution in [0.1, 0.15) is 19.3 Å². The van der Waals surface area contributed by atoms with Crippen molar-refractivity contribution in [2.45, 2.75) is 25.3 Å². The predicted octanol–water partition coefficient (Wildman–Crippen LogP) is 1.05. The minimum absolute atomic E-state index is 0.0758. The van der Waals surface area contributed by atoms with E-state index in [0.717, 1.165) is 25.8 Å². The highest BCUT2D eigenvalue weighted by Crippen LogP contribution is 2.22. The number of hydrogen-bond donors (Lipinski definition) is 1. The van der Waals surface area contributed by atoms with Crippen LogP contribution in [0.2, 0.25) is 0 Å². The summed E-state index contributed by atoms with van der Waals surface area (Å²) in [7, 11) is 0. The number of rotatable bonds is 2. The largest absolute Gasteiger partial charge is 0.394 e. The predicted molar refractivity (Wildman–Crippen MR) is 73.5 cm³/mol. The lowest BCUT2D eigenvalue weighted by molar-refractivity contribution is 0.239. The Balaban J connectivity index is 2.07. The second-order valence-electron chi connectivity index (χ2n) is 4.91. The summed E-state index contributed by atoms with van der Waals surface area (Å²) >= 11 is 0. The van der Waals surface area contributed by atoms with Crippen LogP contribution in [0.3, 0.4) is 0 Å². The fourth-order valence-corrected chi connectivity index (χ4v) is 2.68. The van der Waals surface area contributed by atoms with Crippen LogP contribution in [-0.4, -0.2) is 33.7 Å². The van der Waals surface area contributed by atoms with Crippen molar-refractivity contribution in [2.75, 3.05) is 18.1 Å². The maximum Gasteiger partial charge on any atom is 0.259 e. The lowest BCUT2D eigenvalue weighted by Gasteiger charge is -2.35. The molecule has 2 aromatic heterocycles. The van der Waals surface area contributed by atoms with Crippen LogP contribution < -0.4 is 10.5 Å². The average molecular weight is 259 g/mol. The van der Waals surface area contributed by atoms with Crippen LogP contribution in [0.5, 0.6) is 0 Å². The maximum absolute atomic E-state index is 12.1. The molecule has 3 heterocycles. The quantitative estimate of drug-likeness (QED) is 0.875. The van der Waals surface area contributed by atoms with Gasteiger partial charge in [-0.15, -0.1) is 0 Å². The highest BCUT2D eigenvalue weighted by Gasteiger charge is 2.23. The third kappa shape index (κ3) is 2.21. The average Bonchev–Trinajstić information content (AvgIpc) is 2.47. The zero-order chi connectivity index (χ0) is 13.2. The summed E-state index contributed by atoms with van der Waals surface area (Å²) < 4.78 is 1.53.